The van der Waals surface area contributed by atoms with E-state index in [1.807, 2.05) is 42.1 Å². The van der Waals surface area contributed by atoms with Crippen LogP contribution < -0.4 is 10.1 Å². The highest BCUT2D eigenvalue weighted by Crippen LogP contribution is 2.23. The second-order valence-electron chi connectivity index (χ2n) is 4.03. The number of nitrogens with one attached hydrogen (secondary N) is 1. The lowest BCUT2D eigenvalue weighted by molar-refractivity contribution is 0.368. The molecule has 1 heterocycles. The minimum Gasteiger partial charge on any atom is -0.479 e. The van der Waals surface area contributed by atoms with Crippen molar-refractivity contribution in [2.24, 2.45) is 0 Å². The van der Waals surface area contributed by atoms with E-state index in [-0.39, 0.29) is 6.61 Å². The van der Waals surface area contributed by atoms with E-state index in [1.54, 1.807) is 0 Å². The molecular weight excluding hydrogens is 232 g/mol. The molecule has 1 saturated heterocycles. The van der Waals surface area contributed by atoms with Crippen LogP contribution in [0.15, 0.2) is 24.3 Å². The van der Waals surface area contributed by atoms with E-state index < -0.39 is 0 Å². The van der Waals surface area contributed by atoms with Crippen molar-refractivity contribution in [1.29, 1.82) is 5.26 Å². The molecule has 0 amide bonds. The summed E-state index contributed by atoms with van der Waals surface area (Å²) >= 11 is 2.00. The Hall–Kier alpha value is -1.34. The summed E-state index contributed by atoms with van der Waals surface area (Å²) in [6, 6.07) is 10.3. The zero-order valence-electron chi connectivity index (χ0n) is 9.69. The Balaban J connectivity index is 1.93. The van der Waals surface area contributed by atoms with Crippen molar-refractivity contribution < 1.29 is 4.74 Å². The number of thioether (sulfide) groups is 1. The van der Waals surface area contributed by atoms with E-state index in [1.165, 1.54) is 24.3 Å². The van der Waals surface area contributed by atoms with Crippen LogP contribution in [0.3, 0.4) is 0 Å². The van der Waals surface area contributed by atoms with Gasteiger partial charge in [0.05, 0.1) is 0 Å². The predicted octanol–water partition coefficient (Wildman–Crippen LogP) is 2.90. The maximum atomic E-state index is 8.46. The average molecular weight is 248 g/mol. The summed E-state index contributed by atoms with van der Waals surface area (Å²) in [5.74, 6) is 3.20. The second kappa shape index (κ2) is 6.41. The van der Waals surface area contributed by atoms with Crippen LogP contribution >= 0.6 is 11.8 Å². The Morgan fingerprint density at radius 1 is 1.53 bits per heavy atom. The third-order valence-corrected chi connectivity index (χ3v) is 3.88. The van der Waals surface area contributed by atoms with Gasteiger partial charge in [0, 0.05) is 23.5 Å². The molecule has 17 heavy (non-hydrogen) atoms. The van der Waals surface area contributed by atoms with Crippen LogP contribution in [0.25, 0.3) is 0 Å². The summed E-state index contributed by atoms with van der Waals surface area (Å²) < 4.78 is 5.28. The first-order valence-corrected chi connectivity index (χ1v) is 6.98. The average Bonchev–Trinajstić information content (AvgIpc) is 2.38. The Labute approximate surface area is 106 Å². The van der Waals surface area contributed by atoms with E-state index in [2.05, 4.69) is 5.32 Å². The van der Waals surface area contributed by atoms with E-state index in [9.17, 15) is 0 Å². The standard InChI is InChI=1S/C13H16N2OS/c14-6-7-16-13-5-1-3-11(9-13)15-12-4-2-8-17-10-12/h1,3,5,9,12,15H,2,4,7-8,10H2. The summed E-state index contributed by atoms with van der Waals surface area (Å²) in [5, 5.41) is 12.0. The SMILES string of the molecule is N#CCOc1cccc(NC2CCCSC2)c1. The van der Waals surface area contributed by atoms with Gasteiger partial charge < -0.3 is 10.1 Å². The molecule has 4 heteroatoms. The molecule has 1 N–H and O–H groups in total. The quantitative estimate of drug-likeness (QED) is 0.890. The molecule has 1 aliphatic heterocycles. The minimum atomic E-state index is 0.0999. The highest BCUT2D eigenvalue weighted by molar-refractivity contribution is 7.99. The van der Waals surface area contributed by atoms with Gasteiger partial charge in [0.15, 0.2) is 6.61 Å². The molecule has 90 valence electrons. The number of anilines is 1. The van der Waals surface area contributed by atoms with Gasteiger partial charge >= 0.3 is 0 Å². The normalized spacial score (nSPS) is 19.4. The molecule has 0 radical (unpaired) electrons. The first-order chi connectivity index (χ1) is 8.38. The predicted molar refractivity (Wildman–Crippen MR) is 71.5 cm³/mol. The fourth-order valence-electron chi connectivity index (χ4n) is 1.88. The van der Waals surface area contributed by atoms with Crippen LogP contribution in [0.5, 0.6) is 5.75 Å². The highest BCUT2D eigenvalue weighted by Gasteiger charge is 2.13. The number of nitriles is 1. The monoisotopic (exact) mass is 248 g/mol. The van der Waals surface area contributed by atoms with Crippen LogP contribution in [0.1, 0.15) is 12.8 Å². The van der Waals surface area contributed by atoms with Crippen molar-refractivity contribution in [3.05, 3.63) is 24.3 Å². The van der Waals surface area contributed by atoms with Crippen LogP contribution in [0, 0.1) is 11.3 Å². The molecular formula is C13H16N2OS. The van der Waals surface area contributed by atoms with Gasteiger partial charge in [0.2, 0.25) is 0 Å². The molecule has 0 spiro atoms. The minimum absolute atomic E-state index is 0.0999. The second-order valence-corrected chi connectivity index (χ2v) is 5.18. The molecule has 3 nitrogen and oxygen atoms in total. The van der Waals surface area contributed by atoms with Crippen molar-refractivity contribution >= 4 is 17.4 Å². The van der Waals surface area contributed by atoms with Gasteiger partial charge in [0.25, 0.3) is 0 Å². The fraction of sp³-hybridized carbons (Fsp3) is 0.462. The number of hydrogen-bond donors (Lipinski definition) is 1. The highest BCUT2D eigenvalue weighted by atomic mass is 32.2. The number of nitrogens with zero attached hydrogens (tertiary/aromatic N) is 1. The van der Waals surface area contributed by atoms with E-state index in [0.29, 0.717) is 6.04 Å². The van der Waals surface area contributed by atoms with Gasteiger partial charge in [-0.25, -0.2) is 0 Å². The third-order valence-electron chi connectivity index (χ3n) is 2.67. The zero-order valence-corrected chi connectivity index (χ0v) is 10.5. The van der Waals surface area contributed by atoms with Gasteiger partial charge in [0.1, 0.15) is 11.8 Å². The summed E-state index contributed by atoms with van der Waals surface area (Å²) in [5.41, 5.74) is 1.08. The molecule has 0 bridgehead atoms. The molecule has 1 fully saturated rings. The molecule has 0 aliphatic carbocycles. The molecule has 0 saturated carbocycles. The third kappa shape index (κ3) is 3.86. The van der Waals surface area contributed by atoms with Crippen molar-refractivity contribution in [2.75, 3.05) is 23.4 Å². The summed E-state index contributed by atoms with van der Waals surface area (Å²) in [6.07, 6.45) is 2.52. The van der Waals surface area contributed by atoms with Gasteiger partial charge in [-0.05, 0) is 30.7 Å². The topological polar surface area (TPSA) is 45.0 Å². The lowest BCUT2D eigenvalue weighted by Gasteiger charge is -2.23. The Morgan fingerprint density at radius 2 is 2.47 bits per heavy atom. The van der Waals surface area contributed by atoms with Crippen LogP contribution in [0.4, 0.5) is 5.69 Å². The number of benzene rings is 1. The Kier molecular flexibility index (Phi) is 4.57. The first-order valence-electron chi connectivity index (χ1n) is 5.82. The molecule has 1 aliphatic rings. The molecule has 1 atom stereocenters. The number of hydrogen-bond acceptors (Lipinski definition) is 4. The maximum Gasteiger partial charge on any atom is 0.174 e. The van der Waals surface area contributed by atoms with Crippen molar-refractivity contribution in [3.63, 3.8) is 0 Å². The van der Waals surface area contributed by atoms with Crippen molar-refractivity contribution in [2.45, 2.75) is 18.9 Å². The lowest BCUT2D eigenvalue weighted by atomic mass is 10.1. The fourth-order valence-corrected chi connectivity index (χ4v) is 2.95. The molecule has 1 unspecified atom stereocenters. The van der Waals surface area contributed by atoms with Crippen LogP contribution in [-0.4, -0.2) is 24.2 Å². The van der Waals surface area contributed by atoms with Crippen LogP contribution in [0.2, 0.25) is 0 Å². The van der Waals surface area contributed by atoms with E-state index in [0.717, 1.165) is 11.4 Å². The smallest absolute Gasteiger partial charge is 0.174 e. The Morgan fingerprint density at radius 3 is 3.24 bits per heavy atom. The lowest BCUT2D eigenvalue weighted by Crippen LogP contribution is -2.25. The van der Waals surface area contributed by atoms with Crippen molar-refractivity contribution in [1.82, 2.24) is 0 Å². The van der Waals surface area contributed by atoms with E-state index >= 15 is 0 Å². The first kappa shape index (κ1) is 12.1. The zero-order chi connectivity index (χ0) is 11.9. The molecule has 1 aromatic rings. The number of ether oxygens (including phenoxy) is 1. The van der Waals surface area contributed by atoms with Crippen LogP contribution in [-0.2, 0) is 0 Å². The summed E-state index contributed by atoms with van der Waals surface area (Å²) in [6.45, 7) is 0.0999. The summed E-state index contributed by atoms with van der Waals surface area (Å²) in [4.78, 5) is 0. The van der Waals surface area contributed by atoms with Gasteiger partial charge in [-0.3, -0.25) is 0 Å². The number of rotatable bonds is 4. The van der Waals surface area contributed by atoms with Gasteiger partial charge in [-0.15, -0.1) is 0 Å². The molecule has 1 aromatic carbocycles. The Bertz CT molecular complexity index is 397. The molecule has 2 rings (SSSR count). The molecule has 0 aromatic heterocycles. The van der Waals surface area contributed by atoms with Gasteiger partial charge in [-0.1, -0.05) is 6.07 Å². The maximum absolute atomic E-state index is 8.46. The van der Waals surface area contributed by atoms with E-state index in [4.69, 9.17) is 10.00 Å². The largest absolute Gasteiger partial charge is 0.479 e. The summed E-state index contributed by atoms with van der Waals surface area (Å²) in [7, 11) is 0. The van der Waals surface area contributed by atoms with Crippen molar-refractivity contribution in [3.8, 4) is 11.8 Å². The van der Waals surface area contributed by atoms with Gasteiger partial charge in [-0.2, -0.15) is 17.0 Å².